The van der Waals surface area contributed by atoms with Crippen LogP contribution in [0.15, 0.2) is 18.4 Å². The molecule has 0 unspecified atom stereocenters. The molecule has 0 nitrogen and oxygen atoms in total. The minimum Gasteiger partial charge on any atom is -0.133 e. The number of unbranched alkanes of at least 4 members (excludes halogenated alkanes) is 4. The Hall–Kier alpha value is -0.920. The van der Waals surface area contributed by atoms with Gasteiger partial charge in [0.05, 0.1) is 0 Å². The molecule has 0 aliphatic heterocycles. The first-order valence-corrected chi connectivity index (χ1v) is 4.71. The van der Waals surface area contributed by atoms with Crippen LogP contribution in [0.5, 0.6) is 0 Å². The van der Waals surface area contributed by atoms with E-state index in [9.17, 15) is 0 Å². The Balaban J connectivity index is 3.15. The van der Waals surface area contributed by atoms with E-state index in [0.29, 0.717) is 0 Å². The molecule has 12 heavy (non-hydrogen) atoms. The third-order valence-electron chi connectivity index (χ3n) is 1.57. The maximum atomic E-state index is 3.50. The number of allylic oxidation sites excluding steroid dienone is 1. The highest BCUT2D eigenvalue weighted by atomic mass is 13.8. The van der Waals surface area contributed by atoms with Crippen LogP contribution in [0.3, 0.4) is 0 Å². The van der Waals surface area contributed by atoms with Crippen LogP contribution in [0.25, 0.3) is 0 Å². The van der Waals surface area contributed by atoms with Gasteiger partial charge in [0, 0.05) is 12.8 Å². The second kappa shape index (κ2) is 10.1. The molecule has 0 spiro atoms. The van der Waals surface area contributed by atoms with E-state index in [1.165, 1.54) is 12.8 Å². The molecule has 0 N–H and O–H groups in total. The molecule has 0 atom stereocenters. The van der Waals surface area contributed by atoms with Crippen molar-refractivity contribution in [3.8, 4) is 11.8 Å². The van der Waals surface area contributed by atoms with Crippen LogP contribution < -0.4 is 0 Å². The Labute approximate surface area is 76.4 Å². The predicted molar refractivity (Wildman–Crippen MR) is 54.9 cm³/mol. The Morgan fingerprint density at radius 3 is 2.42 bits per heavy atom. The zero-order chi connectivity index (χ0) is 9.07. The van der Waals surface area contributed by atoms with E-state index in [0.717, 1.165) is 25.7 Å². The third-order valence-corrected chi connectivity index (χ3v) is 1.57. The first-order chi connectivity index (χ1) is 5.91. The van der Waals surface area contributed by atoms with E-state index in [4.69, 9.17) is 0 Å². The predicted octanol–water partition coefficient (Wildman–Crippen LogP) is 3.69. The topological polar surface area (TPSA) is 0 Å². The van der Waals surface area contributed by atoms with Gasteiger partial charge in [0.15, 0.2) is 0 Å². The van der Waals surface area contributed by atoms with Crippen LogP contribution in [0, 0.1) is 11.8 Å². The standard InChI is InChI=1S/C12H18/c1-3-5-7-9-11-12-10-8-6-4-2/h5H,1,4,6-9,11H2,2H3. The highest BCUT2D eigenvalue weighted by Gasteiger charge is 1.79. The van der Waals surface area contributed by atoms with Crippen LogP contribution in [-0.4, -0.2) is 0 Å². The van der Waals surface area contributed by atoms with Crippen LogP contribution in [0.1, 0.15) is 45.4 Å². The fraction of sp³-hybridized carbons (Fsp3) is 0.583. The van der Waals surface area contributed by atoms with Crippen molar-refractivity contribution in [3.05, 3.63) is 18.4 Å². The van der Waals surface area contributed by atoms with Crippen molar-refractivity contribution in [1.29, 1.82) is 0 Å². The second-order valence-corrected chi connectivity index (χ2v) is 2.76. The molecule has 0 amide bonds. The van der Waals surface area contributed by atoms with E-state index in [-0.39, 0.29) is 0 Å². The Morgan fingerprint density at radius 2 is 1.83 bits per heavy atom. The molecule has 0 radical (unpaired) electrons. The van der Waals surface area contributed by atoms with Crippen molar-refractivity contribution in [2.24, 2.45) is 0 Å². The zero-order valence-electron chi connectivity index (χ0n) is 8.03. The van der Waals surface area contributed by atoms with Gasteiger partial charge >= 0.3 is 0 Å². The van der Waals surface area contributed by atoms with Crippen molar-refractivity contribution in [2.45, 2.75) is 45.4 Å². The first kappa shape index (κ1) is 11.1. The highest BCUT2D eigenvalue weighted by Crippen LogP contribution is 1.95. The molecule has 0 saturated carbocycles. The molecule has 0 heterocycles. The fourth-order valence-electron chi connectivity index (χ4n) is 0.837. The largest absolute Gasteiger partial charge is 0.133 e. The summed E-state index contributed by atoms with van der Waals surface area (Å²) in [4.78, 5) is 0. The smallest absolute Gasteiger partial charge is 0.00918 e. The van der Waals surface area contributed by atoms with Crippen LogP contribution in [0.4, 0.5) is 0 Å². The summed E-state index contributed by atoms with van der Waals surface area (Å²) >= 11 is 0. The van der Waals surface area contributed by atoms with Gasteiger partial charge in [-0.05, 0) is 25.3 Å². The molecule has 66 valence electrons. The summed E-state index contributed by atoms with van der Waals surface area (Å²) in [6, 6.07) is 0. The van der Waals surface area contributed by atoms with Gasteiger partial charge in [-0.2, -0.15) is 0 Å². The molecule has 0 aliphatic carbocycles. The summed E-state index contributed by atoms with van der Waals surface area (Å²) in [5.41, 5.74) is 2.76. The SMILES string of the molecule is C=C=CCCCC#CCCCC. The average Bonchev–Trinajstić information content (AvgIpc) is 2.10. The van der Waals surface area contributed by atoms with E-state index in [1.54, 1.807) is 0 Å². The quantitative estimate of drug-likeness (QED) is 0.328. The molecule has 0 aromatic rings. The van der Waals surface area contributed by atoms with Crippen molar-refractivity contribution >= 4 is 0 Å². The second-order valence-electron chi connectivity index (χ2n) is 2.76. The van der Waals surface area contributed by atoms with Gasteiger partial charge in [0.1, 0.15) is 0 Å². The van der Waals surface area contributed by atoms with Crippen molar-refractivity contribution in [2.75, 3.05) is 0 Å². The maximum absolute atomic E-state index is 3.50. The first-order valence-electron chi connectivity index (χ1n) is 4.71. The van der Waals surface area contributed by atoms with Crippen molar-refractivity contribution in [3.63, 3.8) is 0 Å². The van der Waals surface area contributed by atoms with Gasteiger partial charge in [-0.1, -0.05) is 19.9 Å². The molecular formula is C12H18. The molecular weight excluding hydrogens is 144 g/mol. The lowest BCUT2D eigenvalue weighted by Crippen LogP contribution is -1.70. The fourth-order valence-corrected chi connectivity index (χ4v) is 0.837. The summed E-state index contributed by atoms with van der Waals surface area (Å²) in [6.07, 6.45) is 8.73. The highest BCUT2D eigenvalue weighted by molar-refractivity contribution is 4.98. The van der Waals surface area contributed by atoms with Crippen LogP contribution in [0.2, 0.25) is 0 Å². The third kappa shape index (κ3) is 9.08. The molecule has 0 bridgehead atoms. The van der Waals surface area contributed by atoms with Gasteiger partial charge in [-0.25, -0.2) is 0 Å². The number of rotatable bonds is 5. The molecule has 0 rings (SSSR count). The lowest BCUT2D eigenvalue weighted by molar-refractivity contribution is 0.825. The van der Waals surface area contributed by atoms with Gasteiger partial charge in [-0.3, -0.25) is 0 Å². The van der Waals surface area contributed by atoms with E-state index < -0.39 is 0 Å². The van der Waals surface area contributed by atoms with Gasteiger partial charge in [-0.15, -0.1) is 17.6 Å². The van der Waals surface area contributed by atoms with E-state index in [2.05, 4.69) is 31.1 Å². The number of hydrogen-bond donors (Lipinski definition) is 0. The molecule has 0 saturated heterocycles. The van der Waals surface area contributed by atoms with Crippen LogP contribution in [-0.2, 0) is 0 Å². The van der Waals surface area contributed by atoms with Crippen molar-refractivity contribution in [1.82, 2.24) is 0 Å². The lowest BCUT2D eigenvalue weighted by Gasteiger charge is -1.86. The maximum Gasteiger partial charge on any atom is 0.00918 e. The minimum absolute atomic E-state index is 1.02. The van der Waals surface area contributed by atoms with Crippen LogP contribution >= 0.6 is 0 Å². The normalized spacial score (nSPS) is 8.08. The summed E-state index contributed by atoms with van der Waals surface area (Å²) in [6.45, 7) is 5.69. The molecule has 0 aromatic heterocycles. The molecule has 0 fully saturated rings. The van der Waals surface area contributed by atoms with Gasteiger partial charge in [0.2, 0.25) is 0 Å². The molecule has 0 aromatic carbocycles. The summed E-state index contributed by atoms with van der Waals surface area (Å²) in [5.74, 6) is 6.32. The average molecular weight is 162 g/mol. The number of hydrogen-bond acceptors (Lipinski definition) is 0. The molecule has 0 heteroatoms. The monoisotopic (exact) mass is 162 g/mol. The van der Waals surface area contributed by atoms with E-state index in [1.807, 2.05) is 6.08 Å². The Bertz CT molecular complexity index is 184. The summed E-state index contributed by atoms with van der Waals surface area (Å²) in [5, 5.41) is 0. The minimum atomic E-state index is 1.02. The van der Waals surface area contributed by atoms with Gasteiger partial charge < -0.3 is 0 Å². The van der Waals surface area contributed by atoms with Gasteiger partial charge in [0.25, 0.3) is 0 Å². The lowest BCUT2D eigenvalue weighted by atomic mass is 10.2. The zero-order valence-corrected chi connectivity index (χ0v) is 8.03. The Morgan fingerprint density at radius 1 is 1.17 bits per heavy atom. The van der Waals surface area contributed by atoms with Crippen molar-refractivity contribution < 1.29 is 0 Å². The summed E-state index contributed by atoms with van der Waals surface area (Å²) < 4.78 is 0. The van der Waals surface area contributed by atoms with E-state index >= 15 is 0 Å². The molecule has 0 aliphatic rings. The summed E-state index contributed by atoms with van der Waals surface area (Å²) in [7, 11) is 0. The Kier molecular flexibility index (Phi) is 9.31.